The van der Waals surface area contributed by atoms with Crippen molar-refractivity contribution in [3.05, 3.63) is 18.2 Å². The van der Waals surface area contributed by atoms with Crippen LogP contribution in [0.1, 0.15) is 25.7 Å². The van der Waals surface area contributed by atoms with E-state index >= 15 is 0 Å². The molecule has 0 unspecified atom stereocenters. The van der Waals surface area contributed by atoms with Crippen LogP contribution in [0.25, 0.3) is 0 Å². The summed E-state index contributed by atoms with van der Waals surface area (Å²) in [5.74, 6) is 1.04. The highest BCUT2D eigenvalue weighted by Gasteiger charge is 2.53. The van der Waals surface area contributed by atoms with Gasteiger partial charge in [0.1, 0.15) is 10.6 Å². The second-order valence-electron chi connectivity index (χ2n) is 5.87. The van der Waals surface area contributed by atoms with Gasteiger partial charge in [-0.05, 0) is 55.2 Å². The molecule has 2 aliphatic rings. The Morgan fingerprint density at radius 3 is 2.65 bits per heavy atom. The van der Waals surface area contributed by atoms with E-state index in [9.17, 15) is 8.42 Å². The van der Waals surface area contributed by atoms with Crippen LogP contribution in [0.5, 0.6) is 5.75 Å². The van der Waals surface area contributed by atoms with Gasteiger partial charge in [0.05, 0.1) is 7.11 Å². The highest BCUT2D eigenvalue weighted by Crippen LogP contribution is 2.60. The van der Waals surface area contributed by atoms with E-state index in [1.165, 1.54) is 26.0 Å². The monoisotopic (exact) mass is 296 g/mol. The molecule has 1 aromatic carbocycles. The number of ether oxygens (including phenoxy) is 1. The molecule has 2 aliphatic carbocycles. The number of nitrogen functional groups attached to an aromatic ring is 1. The van der Waals surface area contributed by atoms with Gasteiger partial charge in [0.15, 0.2) is 0 Å². The average molecular weight is 296 g/mol. The van der Waals surface area contributed by atoms with Crippen molar-refractivity contribution in [2.45, 2.75) is 30.6 Å². The molecule has 1 aromatic rings. The number of hydrogen-bond acceptors (Lipinski definition) is 4. The molecule has 0 atom stereocenters. The molecule has 0 amide bonds. The summed E-state index contributed by atoms with van der Waals surface area (Å²) < 4.78 is 32.7. The first-order valence-corrected chi connectivity index (χ1v) is 8.38. The zero-order valence-electron chi connectivity index (χ0n) is 11.6. The van der Waals surface area contributed by atoms with E-state index in [1.807, 2.05) is 0 Å². The minimum absolute atomic E-state index is 0.117. The molecule has 0 spiro atoms. The predicted octanol–water partition coefficient (Wildman–Crippen LogP) is 1.75. The first-order chi connectivity index (χ1) is 9.47. The largest absolute Gasteiger partial charge is 0.495 e. The van der Waals surface area contributed by atoms with E-state index in [0.717, 1.165) is 12.8 Å². The molecule has 0 aromatic heterocycles. The molecular formula is C14H20N2O3S. The van der Waals surface area contributed by atoms with Crippen LogP contribution in [0.15, 0.2) is 23.1 Å². The van der Waals surface area contributed by atoms with Crippen LogP contribution in [-0.4, -0.2) is 22.1 Å². The van der Waals surface area contributed by atoms with E-state index in [0.29, 0.717) is 23.9 Å². The second kappa shape index (κ2) is 4.63. The summed E-state index contributed by atoms with van der Waals surface area (Å²) in [4.78, 5) is 0.117. The summed E-state index contributed by atoms with van der Waals surface area (Å²) >= 11 is 0. The Kier molecular flexibility index (Phi) is 3.17. The number of hydrogen-bond donors (Lipinski definition) is 2. The highest BCUT2D eigenvalue weighted by molar-refractivity contribution is 7.89. The minimum atomic E-state index is -3.58. The van der Waals surface area contributed by atoms with Crippen LogP contribution in [-0.2, 0) is 10.0 Å². The SMILES string of the molecule is COc1ccc(N)cc1S(=O)(=O)NCC1(C2CC2)CC1. The number of sulfonamides is 1. The van der Waals surface area contributed by atoms with Crippen molar-refractivity contribution in [1.82, 2.24) is 4.72 Å². The molecule has 2 fully saturated rings. The molecule has 110 valence electrons. The lowest BCUT2D eigenvalue weighted by atomic mass is 10.0. The van der Waals surface area contributed by atoms with Gasteiger partial charge in [-0.15, -0.1) is 0 Å². The van der Waals surface area contributed by atoms with E-state index in [-0.39, 0.29) is 10.3 Å². The predicted molar refractivity (Wildman–Crippen MR) is 77.0 cm³/mol. The van der Waals surface area contributed by atoms with Gasteiger partial charge in [-0.1, -0.05) is 0 Å². The van der Waals surface area contributed by atoms with Crippen LogP contribution < -0.4 is 15.2 Å². The van der Waals surface area contributed by atoms with Crippen molar-refractivity contribution in [3.8, 4) is 5.75 Å². The van der Waals surface area contributed by atoms with Gasteiger partial charge in [-0.2, -0.15) is 0 Å². The minimum Gasteiger partial charge on any atom is -0.495 e. The van der Waals surface area contributed by atoms with Crippen LogP contribution >= 0.6 is 0 Å². The summed E-state index contributed by atoms with van der Waals surface area (Å²) in [6.07, 6.45) is 4.75. The van der Waals surface area contributed by atoms with Crippen molar-refractivity contribution < 1.29 is 13.2 Å². The Morgan fingerprint density at radius 1 is 1.40 bits per heavy atom. The average Bonchev–Trinajstić information content (AvgIpc) is 3.28. The fourth-order valence-corrected chi connectivity index (χ4v) is 4.15. The fraction of sp³-hybridized carbons (Fsp3) is 0.571. The van der Waals surface area contributed by atoms with Crippen molar-refractivity contribution in [1.29, 1.82) is 0 Å². The quantitative estimate of drug-likeness (QED) is 0.784. The van der Waals surface area contributed by atoms with Gasteiger partial charge in [0, 0.05) is 12.2 Å². The van der Waals surface area contributed by atoms with Crippen molar-refractivity contribution in [2.75, 3.05) is 19.4 Å². The lowest BCUT2D eigenvalue weighted by Crippen LogP contribution is -2.31. The molecule has 0 heterocycles. The lowest BCUT2D eigenvalue weighted by Gasteiger charge is -2.16. The molecular weight excluding hydrogens is 276 g/mol. The topological polar surface area (TPSA) is 81.4 Å². The molecule has 20 heavy (non-hydrogen) atoms. The standard InChI is InChI=1S/C14H20N2O3S/c1-19-12-5-4-11(15)8-13(12)20(17,18)16-9-14(6-7-14)10-2-3-10/h4-5,8,10,16H,2-3,6-7,9,15H2,1H3. The molecule has 0 bridgehead atoms. The molecule has 3 N–H and O–H groups in total. The van der Waals surface area contributed by atoms with Gasteiger partial charge >= 0.3 is 0 Å². The Labute approximate surface area is 119 Å². The molecule has 5 nitrogen and oxygen atoms in total. The molecule has 0 saturated heterocycles. The van der Waals surface area contributed by atoms with E-state index < -0.39 is 10.0 Å². The number of benzene rings is 1. The molecule has 0 aliphatic heterocycles. The number of anilines is 1. The van der Waals surface area contributed by atoms with Gasteiger partial charge in [0.25, 0.3) is 0 Å². The summed E-state index contributed by atoms with van der Waals surface area (Å²) in [7, 11) is -2.12. The van der Waals surface area contributed by atoms with Gasteiger partial charge in [-0.25, -0.2) is 13.1 Å². The lowest BCUT2D eigenvalue weighted by molar-refractivity contribution is 0.400. The number of nitrogens with two attached hydrogens (primary N) is 1. The number of nitrogens with one attached hydrogen (secondary N) is 1. The third-order valence-electron chi connectivity index (χ3n) is 4.43. The highest BCUT2D eigenvalue weighted by atomic mass is 32.2. The van der Waals surface area contributed by atoms with Gasteiger partial charge in [0.2, 0.25) is 10.0 Å². The Bertz CT molecular complexity index is 619. The third kappa shape index (κ3) is 2.50. The van der Waals surface area contributed by atoms with Crippen LogP contribution in [0.4, 0.5) is 5.69 Å². The second-order valence-corrected chi connectivity index (χ2v) is 7.61. The van der Waals surface area contributed by atoms with Gasteiger partial charge < -0.3 is 10.5 Å². The summed E-state index contributed by atoms with van der Waals surface area (Å²) in [5, 5.41) is 0. The zero-order valence-corrected chi connectivity index (χ0v) is 12.4. The fourth-order valence-electron chi connectivity index (χ4n) is 2.81. The summed E-state index contributed by atoms with van der Waals surface area (Å²) in [5.41, 5.74) is 6.32. The smallest absolute Gasteiger partial charge is 0.244 e. The van der Waals surface area contributed by atoms with Crippen molar-refractivity contribution in [2.24, 2.45) is 11.3 Å². The van der Waals surface area contributed by atoms with Crippen LogP contribution in [0, 0.1) is 11.3 Å². The van der Waals surface area contributed by atoms with E-state index in [4.69, 9.17) is 10.5 Å². The number of rotatable bonds is 6. The molecule has 0 radical (unpaired) electrons. The molecule has 6 heteroatoms. The first kappa shape index (κ1) is 13.7. The van der Waals surface area contributed by atoms with Crippen molar-refractivity contribution >= 4 is 15.7 Å². The summed E-state index contributed by atoms with van der Waals surface area (Å²) in [6, 6.07) is 4.65. The van der Waals surface area contributed by atoms with Crippen molar-refractivity contribution in [3.63, 3.8) is 0 Å². The van der Waals surface area contributed by atoms with E-state index in [2.05, 4.69) is 4.72 Å². The zero-order chi connectivity index (χ0) is 14.4. The molecule has 3 rings (SSSR count). The first-order valence-electron chi connectivity index (χ1n) is 6.90. The molecule has 2 saturated carbocycles. The maximum absolute atomic E-state index is 12.4. The maximum Gasteiger partial charge on any atom is 0.244 e. The Morgan fingerprint density at radius 2 is 2.10 bits per heavy atom. The maximum atomic E-state index is 12.4. The summed E-state index contributed by atoms with van der Waals surface area (Å²) in [6.45, 7) is 0.526. The van der Waals surface area contributed by atoms with Gasteiger partial charge in [-0.3, -0.25) is 0 Å². The normalized spacial score (nSPS) is 20.6. The van der Waals surface area contributed by atoms with Crippen LogP contribution in [0.3, 0.4) is 0 Å². The third-order valence-corrected chi connectivity index (χ3v) is 5.85. The number of methoxy groups -OCH3 is 1. The van der Waals surface area contributed by atoms with E-state index in [1.54, 1.807) is 12.1 Å². The Balaban J connectivity index is 1.79. The van der Waals surface area contributed by atoms with Crippen LogP contribution in [0.2, 0.25) is 0 Å². The Hall–Kier alpha value is -1.27.